The highest BCUT2D eigenvalue weighted by atomic mass is 35.5. The molecule has 0 fully saturated rings. The van der Waals surface area contributed by atoms with Crippen LogP contribution >= 0.6 is 11.6 Å². The van der Waals surface area contributed by atoms with Gasteiger partial charge in [0.1, 0.15) is 11.4 Å². The molecule has 1 aliphatic rings. The highest BCUT2D eigenvalue weighted by molar-refractivity contribution is 6.31. The van der Waals surface area contributed by atoms with Gasteiger partial charge in [0.05, 0.1) is 5.71 Å². The maximum atomic E-state index is 11.5. The van der Waals surface area contributed by atoms with Gasteiger partial charge in [0.25, 0.3) is 5.91 Å². The van der Waals surface area contributed by atoms with Crippen molar-refractivity contribution in [3.8, 4) is 11.5 Å². The fourth-order valence-electron chi connectivity index (χ4n) is 2.78. The van der Waals surface area contributed by atoms with Crippen LogP contribution in [0.25, 0.3) is 0 Å². The summed E-state index contributed by atoms with van der Waals surface area (Å²) in [6, 6.07) is 19.6. The molecule has 1 aliphatic heterocycles. The van der Waals surface area contributed by atoms with Gasteiger partial charge in [-0.25, -0.2) is 10.5 Å². The van der Waals surface area contributed by atoms with Crippen molar-refractivity contribution in [1.82, 2.24) is 5.48 Å². The first-order chi connectivity index (χ1) is 12.7. The molecule has 0 radical (unpaired) electrons. The van der Waals surface area contributed by atoms with Gasteiger partial charge in [0, 0.05) is 21.7 Å². The molecule has 0 unspecified atom stereocenters. The molecule has 26 heavy (non-hydrogen) atoms. The van der Waals surface area contributed by atoms with Crippen LogP contribution in [-0.2, 0) is 0 Å². The summed E-state index contributed by atoms with van der Waals surface area (Å²) in [5.41, 5.74) is 4.90. The third-order valence-electron chi connectivity index (χ3n) is 4.04. The lowest BCUT2D eigenvalue weighted by Gasteiger charge is -2.11. The van der Waals surface area contributed by atoms with Crippen LogP contribution in [0.4, 0.5) is 5.69 Å². The number of carbonyl (C=O) groups excluding carboxylic acids is 1. The van der Waals surface area contributed by atoms with E-state index in [2.05, 4.69) is 0 Å². The van der Waals surface area contributed by atoms with E-state index in [1.54, 1.807) is 41.9 Å². The van der Waals surface area contributed by atoms with Crippen LogP contribution < -0.4 is 10.2 Å². The van der Waals surface area contributed by atoms with Gasteiger partial charge in [-0.15, -0.1) is 0 Å². The van der Waals surface area contributed by atoms with Crippen molar-refractivity contribution in [2.75, 3.05) is 0 Å². The number of rotatable bonds is 2. The summed E-state index contributed by atoms with van der Waals surface area (Å²) in [6.45, 7) is 0. The minimum atomic E-state index is -0.573. The van der Waals surface area contributed by atoms with E-state index in [4.69, 9.17) is 26.5 Å². The maximum absolute atomic E-state index is 11.5. The molecule has 0 aromatic heterocycles. The van der Waals surface area contributed by atoms with Crippen molar-refractivity contribution in [3.05, 3.63) is 88.4 Å². The van der Waals surface area contributed by atoms with Crippen molar-refractivity contribution >= 4 is 28.9 Å². The summed E-state index contributed by atoms with van der Waals surface area (Å²) in [5.74, 6) is 0.731. The number of hydrogen-bond donors (Lipinski definition) is 2. The van der Waals surface area contributed by atoms with E-state index in [0.29, 0.717) is 33.5 Å². The second-order valence-electron chi connectivity index (χ2n) is 5.69. The third kappa shape index (κ3) is 2.94. The van der Waals surface area contributed by atoms with Crippen LogP contribution in [-0.4, -0.2) is 16.8 Å². The predicted molar refractivity (Wildman–Crippen MR) is 99.0 cm³/mol. The molecule has 128 valence electrons. The lowest BCUT2D eigenvalue weighted by molar-refractivity contribution is 0.0706. The largest absolute Gasteiger partial charge is 0.454 e. The highest BCUT2D eigenvalue weighted by Gasteiger charge is 2.20. The number of carbonyl (C=O) groups is 1. The van der Waals surface area contributed by atoms with Crippen LogP contribution in [0.3, 0.4) is 0 Å². The number of fused-ring (bicyclic) bond motifs is 2. The van der Waals surface area contributed by atoms with Gasteiger partial charge in [-0.3, -0.25) is 10.0 Å². The minimum absolute atomic E-state index is 0.341. The molecule has 3 aromatic carbocycles. The van der Waals surface area contributed by atoms with Crippen LogP contribution in [0.5, 0.6) is 11.5 Å². The number of para-hydroxylation sites is 2. The molecule has 3 aromatic rings. The number of aliphatic imine (C=N–C) groups is 1. The molecule has 0 bridgehead atoms. The summed E-state index contributed by atoms with van der Waals surface area (Å²) < 4.78 is 6.02. The van der Waals surface area contributed by atoms with E-state index >= 15 is 0 Å². The van der Waals surface area contributed by atoms with Crippen LogP contribution in [0.1, 0.15) is 21.5 Å². The molecule has 1 heterocycles. The van der Waals surface area contributed by atoms with Crippen LogP contribution in [0.2, 0.25) is 5.02 Å². The Morgan fingerprint density at radius 2 is 1.77 bits per heavy atom. The van der Waals surface area contributed by atoms with Gasteiger partial charge in [0.2, 0.25) is 0 Å². The average Bonchev–Trinajstić information content (AvgIpc) is 2.84. The smallest absolute Gasteiger partial charge is 0.274 e. The highest BCUT2D eigenvalue weighted by Crippen LogP contribution is 2.39. The van der Waals surface area contributed by atoms with E-state index < -0.39 is 5.91 Å². The summed E-state index contributed by atoms with van der Waals surface area (Å²) in [6.07, 6.45) is 0. The molecule has 0 saturated carbocycles. The lowest BCUT2D eigenvalue weighted by atomic mass is 10.00. The van der Waals surface area contributed by atoms with E-state index in [1.807, 2.05) is 30.3 Å². The average molecular weight is 365 g/mol. The third-order valence-corrected chi connectivity index (χ3v) is 4.27. The minimum Gasteiger partial charge on any atom is -0.454 e. The van der Waals surface area contributed by atoms with Crippen molar-refractivity contribution in [3.63, 3.8) is 0 Å². The van der Waals surface area contributed by atoms with Gasteiger partial charge in [0.15, 0.2) is 5.75 Å². The van der Waals surface area contributed by atoms with Gasteiger partial charge in [-0.05, 0) is 42.5 Å². The van der Waals surface area contributed by atoms with Crippen molar-refractivity contribution in [2.45, 2.75) is 0 Å². The number of hydrogen-bond acceptors (Lipinski definition) is 4. The number of nitrogens with zero attached hydrogens (tertiary/aromatic N) is 1. The molecule has 0 spiro atoms. The predicted octanol–water partition coefficient (Wildman–Crippen LogP) is 4.73. The normalized spacial score (nSPS) is 12.2. The zero-order valence-corrected chi connectivity index (χ0v) is 14.2. The molecule has 6 heteroatoms. The Bertz CT molecular complexity index is 1030. The Hall–Kier alpha value is -3.15. The number of hydroxylamine groups is 1. The Morgan fingerprint density at radius 1 is 1.00 bits per heavy atom. The van der Waals surface area contributed by atoms with Crippen LogP contribution in [0, 0.1) is 0 Å². The summed E-state index contributed by atoms with van der Waals surface area (Å²) in [7, 11) is 0. The number of amides is 1. The molecule has 5 nitrogen and oxygen atoms in total. The monoisotopic (exact) mass is 364 g/mol. The van der Waals surface area contributed by atoms with Gasteiger partial charge in [-0.2, -0.15) is 0 Å². The fourth-order valence-corrected chi connectivity index (χ4v) is 2.95. The molecule has 1 amide bonds. The van der Waals surface area contributed by atoms with Crippen molar-refractivity contribution < 1.29 is 14.7 Å². The van der Waals surface area contributed by atoms with E-state index in [9.17, 15) is 4.79 Å². The molecular weight excluding hydrogens is 352 g/mol. The SMILES string of the molecule is O=C(NO)c1ccc(C2=Nc3ccccc3Oc3ccc(Cl)cc32)cc1. The van der Waals surface area contributed by atoms with Gasteiger partial charge >= 0.3 is 0 Å². The van der Waals surface area contributed by atoms with E-state index in [1.165, 1.54) is 0 Å². The quantitative estimate of drug-likeness (QED) is 0.399. The zero-order chi connectivity index (χ0) is 18.1. The standard InChI is InChI=1S/C20H13ClN2O3/c21-14-9-10-17-15(11-14)19(22-16-3-1-2-4-18(16)26-17)12-5-7-13(8-6-12)20(24)23-25/h1-11,25H,(H,23,24). The zero-order valence-electron chi connectivity index (χ0n) is 13.4. The molecular formula is C20H13ClN2O3. The molecule has 0 atom stereocenters. The van der Waals surface area contributed by atoms with Gasteiger partial charge < -0.3 is 4.74 Å². The summed E-state index contributed by atoms with van der Waals surface area (Å²) in [4.78, 5) is 16.3. The lowest BCUT2D eigenvalue weighted by Crippen LogP contribution is -2.18. The summed E-state index contributed by atoms with van der Waals surface area (Å²) in [5, 5.41) is 9.33. The number of halogens is 1. The second-order valence-corrected chi connectivity index (χ2v) is 6.13. The first kappa shape index (κ1) is 16.3. The van der Waals surface area contributed by atoms with Crippen molar-refractivity contribution in [2.24, 2.45) is 4.99 Å². The second kappa shape index (κ2) is 6.63. The first-order valence-corrected chi connectivity index (χ1v) is 8.24. The van der Waals surface area contributed by atoms with E-state index in [-0.39, 0.29) is 0 Å². The van der Waals surface area contributed by atoms with Gasteiger partial charge in [-0.1, -0.05) is 35.9 Å². The number of nitrogens with one attached hydrogen (secondary N) is 1. The first-order valence-electron chi connectivity index (χ1n) is 7.86. The number of benzene rings is 3. The maximum Gasteiger partial charge on any atom is 0.274 e. The fraction of sp³-hybridized carbons (Fsp3) is 0. The molecule has 0 aliphatic carbocycles. The molecule has 2 N–H and O–H groups in total. The van der Waals surface area contributed by atoms with E-state index in [0.717, 1.165) is 11.1 Å². The topological polar surface area (TPSA) is 70.9 Å². The number of ether oxygens (including phenoxy) is 1. The molecule has 4 rings (SSSR count). The Balaban J connectivity index is 1.89. The molecule has 0 saturated heterocycles. The van der Waals surface area contributed by atoms with Crippen molar-refractivity contribution in [1.29, 1.82) is 0 Å². The van der Waals surface area contributed by atoms with Crippen LogP contribution in [0.15, 0.2) is 71.7 Å². The Morgan fingerprint density at radius 3 is 2.54 bits per heavy atom. The Kier molecular flexibility index (Phi) is 4.16. The Labute approximate surface area is 154 Å². The summed E-state index contributed by atoms with van der Waals surface area (Å²) >= 11 is 6.19.